The van der Waals surface area contributed by atoms with Gasteiger partial charge in [0, 0.05) is 68.0 Å². The van der Waals surface area contributed by atoms with Crippen molar-refractivity contribution in [2.45, 2.75) is 6.54 Å². The lowest BCUT2D eigenvalue weighted by molar-refractivity contribution is 0.103. The Hall–Kier alpha value is -4.78. The topological polar surface area (TPSA) is 120 Å². The fourth-order valence-corrected chi connectivity index (χ4v) is 6.31. The van der Waals surface area contributed by atoms with Crippen LogP contribution < -0.4 is 10.1 Å². The molecule has 10 nitrogen and oxygen atoms in total. The van der Waals surface area contributed by atoms with Crippen LogP contribution in [0.1, 0.15) is 5.56 Å². The zero-order valence-electron chi connectivity index (χ0n) is 23.1. The average molecular weight is 630 g/mol. The Morgan fingerprint density at radius 1 is 1.02 bits per heavy atom. The van der Waals surface area contributed by atoms with Crippen LogP contribution >= 0.6 is 22.9 Å². The summed E-state index contributed by atoms with van der Waals surface area (Å²) in [5.74, 6) is 0.522. The molecule has 1 fully saturated rings. The van der Waals surface area contributed by atoms with E-state index in [1.807, 2.05) is 30.5 Å². The minimum atomic E-state index is -0.871. The van der Waals surface area contributed by atoms with Crippen LogP contribution in [-0.4, -0.2) is 67.1 Å². The molecule has 3 N–H and O–H groups in total. The van der Waals surface area contributed by atoms with Gasteiger partial charge in [0.2, 0.25) is 5.95 Å². The number of fused-ring (bicyclic) bond motifs is 2. The van der Waals surface area contributed by atoms with E-state index in [1.54, 1.807) is 36.5 Å². The number of nitrogens with one attached hydrogen (secondary N) is 2. The van der Waals surface area contributed by atoms with Crippen LogP contribution in [0.2, 0.25) is 5.02 Å². The number of hydrogen-bond donors (Lipinski definition) is 3. The first-order valence-corrected chi connectivity index (χ1v) is 15.0. The van der Waals surface area contributed by atoms with Crippen LogP contribution in [0.4, 0.5) is 20.8 Å². The lowest BCUT2D eigenvalue weighted by atomic mass is 10.2. The number of nitrogens with zero attached hydrogens (tertiary/aromatic N) is 5. The highest BCUT2D eigenvalue weighted by atomic mass is 35.5. The number of aromatic amines is 1. The number of anilines is 2. The fraction of sp³-hybridized carbons (Fsp3) is 0.161. The predicted octanol–water partition coefficient (Wildman–Crippen LogP) is 7.36. The summed E-state index contributed by atoms with van der Waals surface area (Å²) in [7, 11) is 0. The van der Waals surface area contributed by atoms with Crippen molar-refractivity contribution >= 4 is 61.9 Å². The molecule has 4 aromatic heterocycles. The number of carboxylic acid groups (broad SMARTS) is 1. The van der Waals surface area contributed by atoms with Crippen molar-refractivity contribution < 1.29 is 19.0 Å². The predicted molar refractivity (Wildman–Crippen MR) is 169 cm³/mol. The SMILES string of the molecule is O=C(O)N1CCN(Cc2ccc(-c3cc4nccc(Oc5ccc(Nc6nc7ccc(Cl)cc7[nH]6)cc5F)c4s3)nc2)CC1. The number of pyridine rings is 2. The number of carbonyl (C=O) groups is 1. The molecule has 7 rings (SSSR count). The summed E-state index contributed by atoms with van der Waals surface area (Å²) in [6.07, 6.45) is 2.61. The lowest BCUT2D eigenvalue weighted by Gasteiger charge is -2.32. The Labute approximate surface area is 259 Å². The number of imidazole rings is 1. The zero-order chi connectivity index (χ0) is 30.2. The van der Waals surface area contributed by atoms with Crippen molar-refractivity contribution in [3.63, 3.8) is 0 Å². The highest BCUT2D eigenvalue weighted by Gasteiger charge is 2.20. The molecule has 0 bridgehead atoms. The number of ether oxygens (including phenoxy) is 1. The number of amides is 1. The molecule has 0 unspecified atom stereocenters. The van der Waals surface area contributed by atoms with Crippen LogP contribution in [0, 0.1) is 5.82 Å². The number of aromatic nitrogens is 4. The van der Waals surface area contributed by atoms with Crippen molar-refractivity contribution in [3.05, 3.63) is 89.5 Å². The highest BCUT2D eigenvalue weighted by molar-refractivity contribution is 7.22. The van der Waals surface area contributed by atoms with Gasteiger partial charge in [-0.25, -0.2) is 14.2 Å². The van der Waals surface area contributed by atoms with E-state index < -0.39 is 11.9 Å². The van der Waals surface area contributed by atoms with Crippen molar-refractivity contribution in [1.82, 2.24) is 29.7 Å². The van der Waals surface area contributed by atoms with Gasteiger partial charge < -0.3 is 25.0 Å². The summed E-state index contributed by atoms with van der Waals surface area (Å²) in [5, 5.41) is 12.8. The Kier molecular flexibility index (Phi) is 7.46. The Morgan fingerprint density at radius 2 is 1.89 bits per heavy atom. The molecular formula is C31H25ClFN7O3S. The number of hydrogen-bond acceptors (Lipinski definition) is 8. The van der Waals surface area contributed by atoms with Gasteiger partial charge in [0.05, 0.1) is 31.8 Å². The largest absolute Gasteiger partial charge is 0.465 e. The molecule has 1 aliphatic heterocycles. The molecule has 1 aliphatic rings. The zero-order valence-corrected chi connectivity index (χ0v) is 24.7. The maximum atomic E-state index is 15.2. The summed E-state index contributed by atoms with van der Waals surface area (Å²) in [5.41, 5.74) is 4.61. The van der Waals surface area contributed by atoms with Crippen molar-refractivity contribution in [2.75, 3.05) is 31.5 Å². The van der Waals surface area contributed by atoms with Gasteiger partial charge in [0.15, 0.2) is 11.6 Å². The smallest absolute Gasteiger partial charge is 0.407 e. The Morgan fingerprint density at radius 3 is 2.66 bits per heavy atom. The van der Waals surface area contributed by atoms with Gasteiger partial charge in [-0.1, -0.05) is 17.7 Å². The van der Waals surface area contributed by atoms with E-state index in [1.165, 1.54) is 22.3 Å². The normalized spacial score (nSPS) is 13.9. The van der Waals surface area contributed by atoms with E-state index in [-0.39, 0.29) is 5.75 Å². The summed E-state index contributed by atoms with van der Waals surface area (Å²) < 4.78 is 22.0. The second-order valence-electron chi connectivity index (χ2n) is 10.4. The molecular weight excluding hydrogens is 605 g/mol. The number of thiophene rings is 1. The quantitative estimate of drug-likeness (QED) is 0.168. The minimum absolute atomic E-state index is 0.0843. The van der Waals surface area contributed by atoms with Crippen LogP contribution in [-0.2, 0) is 6.54 Å². The molecule has 5 heterocycles. The summed E-state index contributed by atoms with van der Waals surface area (Å²) in [4.78, 5) is 32.5. The lowest BCUT2D eigenvalue weighted by Crippen LogP contribution is -2.47. The first-order valence-electron chi connectivity index (χ1n) is 13.8. The van der Waals surface area contributed by atoms with E-state index in [0.29, 0.717) is 55.1 Å². The summed E-state index contributed by atoms with van der Waals surface area (Å²) in [6, 6.07) is 17.7. The second kappa shape index (κ2) is 11.7. The third-order valence-electron chi connectivity index (χ3n) is 7.36. The molecule has 0 radical (unpaired) electrons. The highest BCUT2D eigenvalue weighted by Crippen LogP contribution is 2.39. The molecule has 6 aromatic rings. The summed E-state index contributed by atoms with van der Waals surface area (Å²) in [6.45, 7) is 3.10. The molecule has 222 valence electrons. The van der Waals surface area contributed by atoms with Gasteiger partial charge in [-0.2, -0.15) is 0 Å². The van der Waals surface area contributed by atoms with Crippen molar-refractivity contribution in [2.24, 2.45) is 0 Å². The minimum Gasteiger partial charge on any atom is -0.465 e. The Balaban J connectivity index is 1.04. The molecule has 0 spiro atoms. The number of rotatable bonds is 7. The number of benzene rings is 2. The van der Waals surface area contributed by atoms with E-state index >= 15 is 4.39 Å². The van der Waals surface area contributed by atoms with Crippen LogP contribution in [0.5, 0.6) is 11.5 Å². The van der Waals surface area contributed by atoms with E-state index in [9.17, 15) is 4.79 Å². The third kappa shape index (κ3) is 5.87. The third-order valence-corrected chi connectivity index (χ3v) is 8.76. The maximum Gasteiger partial charge on any atom is 0.407 e. The number of H-pyrrole nitrogens is 1. The second-order valence-corrected chi connectivity index (χ2v) is 11.8. The maximum absolute atomic E-state index is 15.2. The molecule has 0 aliphatic carbocycles. The van der Waals surface area contributed by atoms with Gasteiger partial charge in [-0.05, 0) is 48.0 Å². The number of piperazine rings is 1. The molecule has 1 saturated heterocycles. The number of halogens is 2. The van der Waals surface area contributed by atoms with Crippen LogP contribution in [0.25, 0.3) is 31.8 Å². The average Bonchev–Trinajstić information content (AvgIpc) is 3.63. The standard InChI is InChI=1S/C31H25ClFN7O3S/c32-19-2-5-22-24(13-19)38-30(37-22)36-20-3-6-26(21(33)14-20)43-27-7-8-34-25-15-28(44-29(25)27)23-4-1-18(16-35-23)17-39-9-11-40(12-10-39)31(41)42/h1-8,13-16H,9-12,17H2,(H,41,42)(H2,36,37,38). The Bertz CT molecular complexity index is 1990. The van der Waals surface area contributed by atoms with Crippen molar-refractivity contribution in [1.29, 1.82) is 0 Å². The molecule has 13 heteroatoms. The van der Waals surface area contributed by atoms with Gasteiger partial charge in [-0.3, -0.25) is 14.9 Å². The van der Waals surface area contributed by atoms with Crippen molar-refractivity contribution in [3.8, 4) is 22.1 Å². The van der Waals surface area contributed by atoms with E-state index in [4.69, 9.17) is 21.4 Å². The molecule has 44 heavy (non-hydrogen) atoms. The molecule has 0 saturated carbocycles. The first-order chi connectivity index (χ1) is 21.4. The van der Waals surface area contributed by atoms with Crippen LogP contribution in [0.15, 0.2) is 73.1 Å². The monoisotopic (exact) mass is 629 g/mol. The molecule has 2 aromatic carbocycles. The van der Waals surface area contributed by atoms with Gasteiger partial charge in [0.1, 0.15) is 5.75 Å². The molecule has 1 amide bonds. The van der Waals surface area contributed by atoms with Gasteiger partial charge in [-0.15, -0.1) is 11.3 Å². The first kappa shape index (κ1) is 28.0. The molecule has 0 atom stereocenters. The van der Waals surface area contributed by atoms with Gasteiger partial charge >= 0.3 is 6.09 Å². The van der Waals surface area contributed by atoms with Crippen LogP contribution in [0.3, 0.4) is 0 Å². The van der Waals surface area contributed by atoms with E-state index in [0.717, 1.165) is 37.4 Å². The fourth-order valence-electron chi connectivity index (χ4n) is 5.10. The summed E-state index contributed by atoms with van der Waals surface area (Å²) >= 11 is 7.53. The van der Waals surface area contributed by atoms with Gasteiger partial charge in [0.25, 0.3) is 0 Å². The van der Waals surface area contributed by atoms with E-state index in [2.05, 4.69) is 30.2 Å².